The van der Waals surface area contributed by atoms with Crippen molar-refractivity contribution in [2.75, 3.05) is 38.1 Å². The van der Waals surface area contributed by atoms with Crippen molar-refractivity contribution in [3.8, 4) is 11.5 Å². The molecule has 0 aliphatic carbocycles. The van der Waals surface area contributed by atoms with Gasteiger partial charge in [-0.05, 0) is 95.3 Å². The Balaban J connectivity index is 0.823. The number of hydrogen-bond donors (Lipinski definition) is 4. The number of aliphatic hydroxyl groups is 1. The van der Waals surface area contributed by atoms with Crippen molar-refractivity contribution < 1.29 is 19.1 Å². The summed E-state index contributed by atoms with van der Waals surface area (Å²) >= 11 is 0. The standard InChI is InChI=1S/C47H54N4O4Si/c1-47(2,3)56(42-13-6-4-7-14-42,43-15-8-5-9-16-43)55-41-24-22-40(23-25-41)54-34-39(52)33-48-29-26-35-18-20-37(21-19-35)49-38-27-30-51(31-28-38)46(53)45-32-36-12-10-11-17-44(36)50-45/h4-25,32,38-39,48-50,52H,26-31,33-34H2,1-3H3/t39-/m0/s1. The minimum Gasteiger partial charge on any atom is -0.534 e. The zero-order valence-electron chi connectivity index (χ0n) is 32.7. The number of amides is 1. The molecular formula is C47H54N4O4Si. The molecule has 4 N–H and O–H groups in total. The van der Waals surface area contributed by atoms with Crippen molar-refractivity contribution in [2.45, 2.75) is 57.2 Å². The summed E-state index contributed by atoms with van der Waals surface area (Å²) < 4.78 is 13.1. The molecule has 1 fully saturated rings. The van der Waals surface area contributed by atoms with Crippen LogP contribution in [0.5, 0.6) is 11.5 Å². The molecule has 1 amide bonds. The number of H-pyrrole nitrogens is 1. The smallest absolute Gasteiger partial charge is 0.319 e. The second kappa shape index (κ2) is 17.6. The van der Waals surface area contributed by atoms with Crippen LogP contribution >= 0.6 is 0 Å². The van der Waals surface area contributed by atoms with Gasteiger partial charge in [-0.3, -0.25) is 4.79 Å². The Bertz CT molecular complexity index is 2070. The van der Waals surface area contributed by atoms with Crippen LogP contribution in [0.25, 0.3) is 10.9 Å². The number of piperidine rings is 1. The molecule has 0 radical (unpaired) electrons. The highest BCUT2D eigenvalue weighted by Gasteiger charge is 2.52. The number of benzene rings is 5. The first kappa shape index (κ1) is 38.9. The van der Waals surface area contributed by atoms with Crippen LogP contribution in [-0.4, -0.2) is 74.1 Å². The Hall–Kier alpha value is -5.35. The number of likely N-dealkylation sites (tertiary alicyclic amines) is 1. The molecule has 0 spiro atoms. The third kappa shape index (κ3) is 9.19. The maximum atomic E-state index is 13.1. The number of hydrogen-bond acceptors (Lipinski definition) is 6. The van der Waals surface area contributed by atoms with E-state index in [1.807, 2.05) is 59.5 Å². The highest BCUT2D eigenvalue weighted by Crippen LogP contribution is 2.38. The van der Waals surface area contributed by atoms with Crippen molar-refractivity contribution >= 4 is 41.2 Å². The van der Waals surface area contributed by atoms with Gasteiger partial charge >= 0.3 is 8.32 Å². The molecule has 1 aromatic heterocycles. The van der Waals surface area contributed by atoms with Gasteiger partial charge in [-0.1, -0.05) is 112 Å². The quantitative estimate of drug-likeness (QED) is 0.0643. The molecule has 5 aromatic carbocycles. The van der Waals surface area contributed by atoms with Crippen LogP contribution in [0, 0.1) is 0 Å². The van der Waals surface area contributed by atoms with Gasteiger partial charge < -0.3 is 34.8 Å². The number of ether oxygens (including phenoxy) is 1. The Morgan fingerprint density at radius 1 is 0.821 bits per heavy atom. The lowest BCUT2D eigenvalue weighted by Crippen LogP contribution is -2.68. The first-order chi connectivity index (χ1) is 27.2. The Morgan fingerprint density at radius 3 is 2.05 bits per heavy atom. The van der Waals surface area contributed by atoms with E-state index in [1.54, 1.807) is 0 Å². The number of carbonyl (C=O) groups is 1. The summed E-state index contributed by atoms with van der Waals surface area (Å²) in [4.78, 5) is 18.3. The molecule has 1 atom stereocenters. The van der Waals surface area contributed by atoms with Crippen LogP contribution < -0.4 is 30.2 Å². The molecule has 9 heteroatoms. The van der Waals surface area contributed by atoms with Gasteiger partial charge in [-0.2, -0.15) is 0 Å². The first-order valence-electron chi connectivity index (χ1n) is 19.8. The number of carbonyl (C=O) groups excluding carboxylic acids is 1. The van der Waals surface area contributed by atoms with Crippen LogP contribution in [0.1, 0.15) is 49.7 Å². The Labute approximate surface area is 332 Å². The highest BCUT2D eigenvalue weighted by atomic mass is 28.4. The van der Waals surface area contributed by atoms with E-state index in [2.05, 4.69) is 121 Å². The fourth-order valence-electron chi connectivity index (χ4n) is 7.77. The molecule has 8 nitrogen and oxygen atoms in total. The number of nitrogens with one attached hydrogen (secondary N) is 3. The molecule has 1 saturated heterocycles. The number of para-hydroxylation sites is 1. The van der Waals surface area contributed by atoms with Gasteiger partial charge in [-0.15, -0.1) is 0 Å². The third-order valence-electron chi connectivity index (χ3n) is 10.8. The predicted molar refractivity (Wildman–Crippen MR) is 230 cm³/mol. The van der Waals surface area contributed by atoms with E-state index in [0.29, 0.717) is 24.0 Å². The van der Waals surface area contributed by atoms with Crippen LogP contribution in [0.2, 0.25) is 5.04 Å². The molecule has 290 valence electrons. The number of fused-ring (bicyclic) bond motifs is 1. The maximum absolute atomic E-state index is 13.1. The fraction of sp³-hybridized carbons (Fsp3) is 0.298. The topological polar surface area (TPSA) is 98.8 Å². The molecule has 7 rings (SSSR count). The summed E-state index contributed by atoms with van der Waals surface area (Å²) in [6.07, 6.45) is 2.03. The molecule has 1 aliphatic rings. The summed E-state index contributed by atoms with van der Waals surface area (Å²) in [6.45, 7) is 9.66. The van der Waals surface area contributed by atoms with E-state index in [0.717, 1.165) is 61.2 Å². The molecule has 56 heavy (non-hydrogen) atoms. The number of rotatable bonds is 15. The summed E-state index contributed by atoms with van der Waals surface area (Å²) in [5.41, 5.74) is 3.97. The summed E-state index contributed by atoms with van der Waals surface area (Å²) in [7, 11) is -2.72. The third-order valence-corrected chi connectivity index (χ3v) is 15.7. The van der Waals surface area contributed by atoms with Crippen LogP contribution in [-0.2, 0) is 6.42 Å². The lowest BCUT2D eigenvalue weighted by atomic mass is 10.0. The SMILES string of the molecule is CC(C)(C)[Si](Oc1ccc(OC[C@@H](O)CNCCc2ccc(NC3CCN(C(=O)c4cc5ccccc5[nH]4)CC3)cc2)cc1)(c1ccccc1)c1ccccc1. The zero-order chi connectivity index (χ0) is 39.0. The van der Waals surface area contributed by atoms with Gasteiger partial charge in [0.25, 0.3) is 5.91 Å². The van der Waals surface area contributed by atoms with E-state index in [-0.39, 0.29) is 17.6 Å². The number of nitrogens with zero attached hydrogens (tertiary/aromatic N) is 1. The van der Waals surface area contributed by atoms with E-state index in [9.17, 15) is 9.90 Å². The van der Waals surface area contributed by atoms with E-state index in [1.165, 1.54) is 15.9 Å². The molecule has 0 unspecified atom stereocenters. The van der Waals surface area contributed by atoms with Gasteiger partial charge in [0.15, 0.2) is 0 Å². The number of aliphatic hydroxyl groups excluding tert-OH is 1. The fourth-order valence-corrected chi connectivity index (χ4v) is 12.2. The lowest BCUT2D eigenvalue weighted by molar-refractivity contribution is 0.0713. The van der Waals surface area contributed by atoms with Gasteiger partial charge in [0.2, 0.25) is 0 Å². The highest BCUT2D eigenvalue weighted by molar-refractivity contribution is 7.00. The average Bonchev–Trinajstić information content (AvgIpc) is 3.67. The number of aromatic nitrogens is 1. The van der Waals surface area contributed by atoms with Crippen LogP contribution in [0.4, 0.5) is 5.69 Å². The average molecular weight is 767 g/mol. The zero-order valence-corrected chi connectivity index (χ0v) is 33.7. The normalized spacial score (nSPS) is 14.4. The summed E-state index contributed by atoms with van der Waals surface area (Å²) in [5, 5.41) is 21.1. The number of anilines is 1. The molecule has 0 bridgehead atoms. The van der Waals surface area contributed by atoms with Gasteiger partial charge in [-0.25, -0.2) is 0 Å². The Kier molecular flexibility index (Phi) is 12.2. The molecule has 0 saturated carbocycles. The molecule has 2 heterocycles. The monoisotopic (exact) mass is 766 g/mol. The van der Waals surface area contributed by atoms with Gasteiger partial charge in [0.05, 0.1) is 0 Å². The van der Waals surface area contributed by atoms with Gasteiger partial charge in [0, 0.05) is 42.3 Å². The van der Waals surface area contributed by atoms with E-state index >= 15 is 0 Å². The van der Waals surface area contributed by atoms with Gasteiger partial charge in [0.1, 0.15) is 29.9 Å². The minimum atomic E-state index is -2.72. The molecule has 6 aromatic rings. The Morgan fingerprint density at radius 2 is 1.43 bits per heavy atom. The first-order valence-corrected chi connectivity index (χ1v) is 21.7. The number of aromatic amines is 1. The van der Waals surface area contributed by atoms with E-state index in [4.69, 9.17) is 9.16 Å². The van der Waals surface area contributed by atoms with Crippen LogP contribution in [0.3, 0.4) is 0 Å². The second-order valence-corrected chi connectivity index (χ2v) is 20.1. The van der Waals surface area contributed by atoms with Crippen molar-refractivity contribution in [2.24, 2.45) is 0 Å². The van der Waals surface area contributed by atoms with Crippen molar-refractivity contribution in [1.29, 1.82) is 0 Å². The summed E-state index contributed by atoms with van der Waals surface area (Å²) in [6, 6.07) is 47.8. The summed E-state index contributed by atoms with van der Waals surface area (Å²) in [5.74, 6) is 1.56. The lowest BCUT2D eigenvalue weighted by Gasteiger charge is -2.43. The van der Waals surface area contributed by atoms with Crippen molar-refractivity contribution in [3.05, 3.63) is 151 Å². The van der Waals surface area contributed by atoms with Crippen molar-refractivity contribution in [3.63, 3.8) is 0 Å². The maximum Gasteiger partial charge on any atom is 0.319 e. The van der Waals surface area contributed by atoms with Crippen LogP contribution in [0.15, 0.2) is 140 Å². The molecule has 1 aliphatic heterocycles. The predicted octanol–water partition coefficient (Wildman–Crippen LogP) is 7.40. The minimum absolute atomic E-state index is 0.0705. The largest absolute Gasteiger partial charge is 0.534 e. The van der Waals surface area contributed by atoms with Crippen molar-refractivity contribution in [1.82, 2.24) is 15.2 Å². The second-order valence-electron chi connectivity index (χ2n) is 15.8. The van der Waals surface area contributed by atoms with E-state index < -0.39 is 14.4 Å². The molecular weight excluding hydrogens is 713 g/mol.